The summed E-state index contributed by atoms with van der Waals surface area (Å²) in [6.07, 6.45) is 1.49. The molecule has 0 saturated heterocycles. The van der Waals surface area contributed by atoms with E-state index in [2.05, 4.69) is 13.0 Å². The molecule has 128 valence electrons. The van der Waals surface area contributed by atoms with Crippen LogP contribution in [0.4, 0.5) is 0 Å². The molecule has 25 heavy (non-hydrogen) atoms. The van der Waals surface area contributed by atoms with Gasteiger partial charge < -0.3 is 13.9 Å². The molecule has 0 radical (unpaired) electrons. The van der Waals surface area contributed by atoms with E-state index in [0.717, 1.165) is 16.9 Å². The summed E-state index contributed by atoms with van der Waals surface area (Å²) in [6, 6.07) is 17.5. The van der Waals surface area contributed by atoms with Gasteiger partial charge in [-0.15, -0.1) is 0 Å². The number of ether oxygens (including phenoxy) is 2. The Morgan fingerprint density at radius 3 is 2.72 bits per heavy atom. The third kappa shape index (κ3) is 3.91. The molecule has 2 aromatic carbocycles. The highest BCUT2D eigenvalue weighted by atomic mass is 16.5. The van der Waals surface area contributed by atoms with Gasteiger partial charge in [-0.25, -0.2) is 4.79 Å². The van der Waals surface area contributed by atoms with Crippen LogP contribution < -0.4 is 4.74 Å². The van der Waals surface area contributed by atoms with E-state index in [-0.39, 0.29) is 5.76 Å². The largest absolute Gasteiger partial charge is 0.489 e. The predicted octanol–water partition coefficient (Wildman–Crippen LogP) is 5.01. The molecule has 0 amide bonds. The molecule has 0 spiro atoms. The Bertz CT molecular complexity index is 864. The van der Waals surface area contributed by atoms with Gasteiger partial charge in [0.1, 0.15) is 12.4 Å². The fourth-order valence-corrected chi connectivity index (χ4v) is 2.58. The normalized spacial score (nSPS) is 10.5. The van der Waals surface area contributed by atoms with Crippen molar-refractivity contribution in [2.75, 3.05) is 6.61 Å². The lowest BCUT2D eigenvalue weighted by Crippen LogP contribution is -2.04. The molecule has 1 heterocycles. The van der Waals surface area contributed by atoms with Crippen molar-refractivity contribution in [1.29, 1.82) is 0 Å². The molecule has 0 atom stereocenters. The van der Waals surface area contributed by atoms with Crippen molar-refractivity contribution in [3.05, 3.63) is 77.7 Å². The van der Waals surface area contributed by atoms with Gasteiger partial charge in [0, 0.05) is 5.56 Å². The van der Waals surface area contributed by atoms with Gasteiger partial charge in [0.25, 0.3) is 0 Å². The molecule has 0 fully saturated rings. The van der Waals surface area contributed by atoms with Gasteiger partial charge in [-0.05, 0) is 48.7 Å². The summed E-state index contributed by atoms with van der Waals surface area (Å²) in [5.74, 6) is 0.475. The number of rotatable bonds is 6. The van der Waals surface area contributed by atoms with Crippen LogP contribution in [0, 0.1) is 6.92 Å². The first-order chi connectivity index (χ1) is 12.2. The second-order valence-corrected chi connectivity index (χ2v) is 5.63. The topological polar surface area (TPSA) is 48.7 Å². The van der Waals surface area contributed by atoms with Gasteiger partial charge >= 0.3 is 5.97 Å². The fourth-order valence-electron chi connectivity index (χ4n) is 2.58. The molecule has 0 unspecified atom stereocenters. The van der Waals surface area contributed by atoms with Gasteiger partial charge in [0.2, 0.25) is 5.76 Å². The summed E-state index contributed by atoms with van der Waals surface area (Å²) in [6.45, 7) is 4.62. The number of carbonyl (C=O) groups excluding carboxylic acids is 1. The lowest BCUT2D eigenvalue weighted by atomic mass is 10.1. The zero-order valence-corrected chi connectivity index (χ0v) is 14.3. The van der Waals surface area contributed by atoms with Crippen LogP contribution in [0.5, 0.6) is 5.75 Å². The molecule has 4 heteroatoms. The number of carbonyl (C=O) groups is 1. The molecule has 0 aliphatic rings. The Morgan fingerprint density at radius 1 is 1.08 bits per heavy atom. The highest BCUT2D eigenvalue weighted by Gasteiger charge is 2.18. The maximum absolute atomic E-state index is 12.0. The van der Waals surface area contributed by atoms with E-state index in [1.807, 2.05) is 42.5 Å². The van der Waals surface area contributed by atoms with Crippen molar-refractivity contribution < 1.29 is 18.7 Å². The molecule has 0 N–H and O–H groups in total. The van der Waals surface area contributed by atoms with Crippen molar-refractivity contribution in [3.8, 4) is 16.9 Å². The smallest absolute Gasteiger partial charge is 0.374 e. The Hall–Kier alpha value is -3.01. The highest BCUT2D eigenvalue weighted by Crippen LogP contribution is 2.29. The summed E-state index contributed by atoms with van der Waals surface area (Å²) >= 11 is 0. The molecular formula is C21H20O4. The summed E-state index contributed by atoms with van der Waals surface area (Å²) in [7, 11) is 0. The van der Waals surface area contributed by atoms with E-state index in [1.165, 1.54) is 11.8 Å². The van der Waals surface area contributed by atoms with Crippen molar-refractivity contribution in [3.63, 3.8) is 0 Å². The zero-order chi connectivity index (χ0) is 17.6. The first kappa shape index (κ1) is 16.8. The quantitative estimate of drug-likeness (QED) is 0.594. The van der Waals surface area contributed by atoms with Crippen LogP contribution in [-0.2, 0) is 11.3 Å². The third-order valence-corrected chi connectivity index (χ3v) is 3.93. The molecule has 1 aromatic heterocycles. The monoisotopic (exact) mass is 336 g/mol. The fraction of sp³-hybridized carbons (Fsp3) is 0.190. The molecule has 0 bridgehead atoms. The lowest BCUT2D eigenvalue weighted by molar-refractivity contribution is 0.0491. The predicted molar refractivity (Wildman–Crippen MR) is 95.6 cm³/mol. The highest BCUT2D eigenvalue weighted by molar-refractivity contribution is 5.94. The number of hydrogen-bond acceptors (Lipinski definition) is 4. The average Bonchev–Trinajstić information content (AvgIpc) is 3.11. The van der Waals surface area contributed by atoms with Crippen molar-refractivity contribution in [2.24, 2.45) is 0 Å². The number of furan rings is 1. The molecule has 0 saturated carbocycles. The Balaban J connectivity index is 1.80. The van der Waals surface area contributed by atoms with Gasteiger partial charge in [0.15, 0.2) is 0 Å². The van der Waals surface area contributed by atoms with Crippen LogP contribution in [-0.4, -0.2) is 12.6 Å². The van der Waals surface area contributed by atoms with Gasteiger partial charge in [0.05, 0.1) is 12.9 Å². The van der Waals surface area contributed by atoms with Crippen molar-refractivity contribution >= 4 is 5.97 Å². The third-order valence-electron chi connectivity index (χ3n) is 3.93. The van der Waals surface area contributed by atoms with Crippen LogP contribution >= 0.6 is 0 Å². The van der Waals surface area contributed by atoms with E-state index in [1.54, 1.807) is 13.0 Å². The van der Waals surface area contributed by atoms with Crippen molar-refractivity contribution in [1.82, 2.24) is 0 Å². The van der Waals surface area contributed by atoms with E-state index in [9.17, 15) is 4.79 Å². The standard InChI is InChI=1S/C21H20O4/c1-3-23-21(22)20-19(11-12-24-20)16-9-6-10-18(13-16)25-14-17-8-5-4-7-15(17)2/h4-13H,3,14H2,1-2H3. The summed E-state index contributed by atoms with van der Waals surface area (Å²) in [5, 5.41) is 0. The summed E-state index contributed by atoms with van der Waals surface area (Å²) < 4.78 is 16.2. The molecule has 3 aromatic rings. The molecule has 3 rings (SSSR count). The van der Waals surface area contributed by atoms with Crippen LogP contribution in [0.1, 0.15) is 28.6 Å². The number of hydrogen-bond donors (Lipinski definition) is 0. The summed E-state index contributed by atoms with van der Waals surface area (Å²) in [4.78, 5) is 12.0. The minimum absolute atomic E-state index is 0.206. The van der Waals surface area contributed by atoms with Crippen LogP contribution in [0.15, 0.2) is 65.3 Å². The van der Waals surface area contributed by atoms with E-state index < -0.39 is 5.97 Å². The first-order valence-corrected chi connectivity index (χ1v) is 8.21. The maximum atomic E-state index is 12.0. The second kappa shape index (κ2) is 7.71. The van der Waals surface area contributed by atoms with Crippen LogP contribution in [0.3, 0.4) is 0 Å². The Morgan fingerprint density at radius 2 is 1.92 bits per heavy atom. The minimum Gasteiger partial charge on any atom is -0.489 e. The minimum atomic E-state index is -0.464. The number of aryl methyl sites for hydroxylation is 1. The SMILES string of the molecule is CCOC(=O)c1occc1-c1cccc(OCc2ccccc2C)c1. The first-order valence-electron chi connectivity index (χ1n) is 8.21. The van der Waals surface area contributed by atoms with Crippen LogP contribution in [0.25, 0.3) is 11.1 Å². The number of benzene rings is 2. The van der Waals surface area contributed by atoms with Crippen molar-refractivity contribution in [2.45, 2.75) is 20.5 Å². The zero-order valence-electron chi connectivity index (χ0n) is 14.3. The molecule has 0 aliphatic heterocycles. The molecule has 0 aliphatic carbocycles. The van der Waals surface area contributed by atoms with E-state index in [0.29, 0.717) is 18.8 Å². The van der Waals surface area contributed by atoms with E-state index >= 15 is 0 Å². The molecule has 4 nitrogen and oxygen atoms in total. The van der Waals surface area contributed by atoms with Gasteiger partial charge in [-0.3, -0.25) is 0 Å². The maximum Gasteiger partial charge on any atom is 0.374 e. The Kier molecular flexibility index (Phi) is 5.19. The van der Waals surface area contributed by atoms with Gasteiger partial charge in [-0.2, -0.15) is 0 Å². The Labute approximate surface area is 147 Å². The number of esters is 1. The second-order valence-electron chi connectivity index (χ2n) is 5.63. The molecular weight excluding hydrogens is 316 g/mol. The van der Waals surface area contributed by atoms with Gasteiger partial charge in [-0.1, -0.05) is 36.4 Å². The van der Waals surface area contributed by atoms with Crippen LogP contribution in [0.2, 0.25) is 0 Å². The lowest BCUT2D eigenvalue weighted by Gasteiger charge is -2.10. The summed E-state index contributed by atoms with van der Waals surface area (Å²) in [5.41, 5.74) is 3.88. The van der Waals surface area contributed by atoms with E-state index in [4.69, 9.17) is 13.9 Å². The average molecular weight is 336 g/mol.